The Morgan fingerprint density at radius 3 is 2.36 bits per heavy atom. The molecule has 0 aromatic heterocycles. The van der Waals surface area contributed by atoms with E-state index in [9.17, 15) is 13.2 Å². The van der Waals surface area contributed by atoms with Gasteiger partial charge in [0.15, 0.2) is 0 Å². The molecule has 0 fully saturated rings. The van der Waals surface area contributed by atoms with Gasteiger partial charge >= 0.3 is 0 Å². The van der Waals surface area contributed by atoms with Crippen molar-refractivity contribution < 1.29 is 13.2 Å². The van der Waals surface area contributed by atoms with E-state index >= 15 is 0 Å². The van der Waals surface area contributed by atoms with Gasteiger partial charge in [-0.3, -0.25) is 4.79 Å². The van der Waals surface area contributed by atoms with Crippen molar-refractivity contribution in [2.45, 2.75) is 26.3 Å². The lowest BCUT2D eigenvalue weighted by atomic mass is 10.2. The number of likely N-dealkylation sites (N-methyl/N-ethyl adjacent to an activating group) is 1. The Balaban J connectivity index is 4.08. The predicted octanol–water partition coefficient (Wildman–Crippen LogP) is -0.207. The maximum absolute atomic E-state index is 11.3. The Bertz CT molecular complexity index is 287. The van der Waals surface area contributed by atoms with Gasteiger partial charge in [0.25, 0.3) is 0 Å². The van der Waals surface area contributed by atoms with Crippen molar-refractivity contribution in [3.05, 3.63) is 0 Å². The number of hydrogen-bond donors (Lipinski definition) is 1. The molecule has 14 heavy (non-hydrogen) atoms. The van der Waals surface area contributed by atoms with Crippen LogP contribution in [0.4, 0.5) is 0 Å². The van der Waals surface area contributed by atoms with Crippen LogP contribution in [0.2, 0.25) is 0 Å². The maximum atomic E-state index is 11.3. The van der Waals surface area contributed by atoms with Crippen molar-refractivity contribution in [3.63, 3.8) is 0 Å². The molecule has 0 rings (SSSR count). The van der Waals surface area contributed by atoms with Crippen molar-refractivity contribution in [2.24, 2.45) is 0 Å². The molecule has 0 saturated carbocycles. The molecular formula is C8H18N2O3S. The van der Waals surface area contributed by atoms with Crippen molar-refractivity contribution >= 4 is 15.9 Å². The number of sulfonamides is 1. The summed E-state index contributed by atoms with van der Waals surface area (Å²) in [6.07, 6.45) is 1.90. The number of carbonyl (C=O) groups excluding carboxylic acids is 1. The molecule has 0 aromatic carbocycles. The normalized spacial score (nSPS) is 14.1. The number of hydrogen-bond acceptors (Lipinski definition) is 3. The number of rotatable bonds is 5. The van der Waals surface area contributed by atoms with Crippen molar-refractivity contribution in [2.75, 3.05) is 19.8 Å². The number of nitrogens with one attached hydrogen (secondary N) is 1. The fourth-order valence-electron chi connectivity index (χ4n) is 0.742. The highest BCUT2D eigenvalue weighted by Gasteiger charge is 2.15. The van der Waals surface area contributed by atoms with E-state index in [1.54, 1.807) is 0 Å². The zero-order valence-corrected chi connectivity index (χ0v) is 9.89. The average molecular weight is 222 g/mol. The summed E-state index contributed by atoms with van der Waals surface area (Å²) in [6, 6.07) is 0.0791. The van der Waals surface area contributed by atoms with E-state index < -0.39 is 10.0 Å². The quantitative estimate of drug-likeness (QED) is 0.700. The van der Waals surface area contributed by atoms with Crippen LogP contribution in [0.15, 0.2) is 0 Å². The Labute approximate surface area is 85.5 Å². The molecule has 0 saturated heterocycles. The number of nitrogens with zero attached hydrogens (tertiary/aromatic N) is 1. The van der Waals surface area contributed by atoms with Gasteiger partial charge in [0, 0.05) is 13.1 Å². The molecule has 84 valence electrons. The lowest BCUT2D eigenvalue weighted by Gasteiger charge is -2.16. The third-order valence-electron chi connectivity index (χ3n) is 1.95. The minimum atomic E-state index is -3.27. The molecule has 0 aliphatic carbocycles. The van der Waals surface area contributed by atoms with Crippen LogP contribution in [0, 0.1) is 0 Å². The van der Waals surface area contributed by atoms with Gasteiger partial charge in [-0.05, 0) is 13.3 Å². The lowest BCUT2D eigenvalue weighted by molar-refractivity contribution is -0.121. The first kappa shape index (κ1) is 13.4. The zero-order valence-electron chi connectivity index (χ0n) is 9.07. The highest BCUT2D eigenvalue weighted by molar-refractivity contribution is 7.88. The van der Waals surface area contributed by atoms with Crippen LogP contribution in [0.25, 0.3) is 0 Å². The monoisotopic (exact) mass is 222 g/mol. The molecule has 0 aromatic rings. The highest BCUT2D eigenvalue weighted by atomic mass is 32.2. The molecule has 5 nitrogen and oxygen atoms in total. The second-order valence-electron chi connectivity index (χ2n) is 3.40. The van der Waals surface area contributed by atoms with E-state index in [1.807, 2.05) is 13.8 Å². The molecule has 0 aliphatic heterocycles. The first-order valence-corrected chi connectivity index (χ1v) is 6.32. The zero-order chi connectivity index (χ0) is 11.4. The fourth-order valence-corrected chi connectivity index (χ4v) is 1.09. The molecule has 0 heterocycles. The van der Waals surface area contributed by atoms with Gasteiger partial charge < -0.3 is 5.32 Å². The van der Waals surface area contributed by atoms with Crippen LogP contribution in [-0.2, 0) is 14.8 Å². The summed E-state index contributed by atoms with van der Waals surface area (Å²) in [5.41, 5.74) is 0. The van der Waals surface area contributed by atoms with Crippen LogP contribution in [0.5, 0.6) is 0 Å². The molecule has 1 N–H and O–H groups in total. The van der Waals surface area contributed by atoms with Crippen molar-refractivity contribution in [1.29, 1.82) is 0 Å². The van der Waals surface area contributed by atoms with E-state index in [0.717, 1.165) is 17.0 Å². The van der Waals surface area contributed by atoms with Crippen LogP contribution in [0.3, 0.4) is 0 Å². The summed E-state index contributed by atoms with van der Waals surface area (Å²) in [7, 11) is -1.89. The van der Waals surface area contributed by atoms with Gasteiger partial charge in [-0.1, -0.05) is 6.92 Å². The second-order valence-corrected chi connectivity index (χ2v) is 5.49. The maximum Gasteiger partial charge on any atom is 0.235 e. The predicted molar refractivity (Wildman–Crippen MR) is 55.4 cm³/mol. The van der Waals surface area contributed by atoms with Gasteiger partial charge in [-0.15, -0.1) is 0 Å². The van der Waals surface area contributed by atoms with E-state index in [0.29, 0.717) is 0 Å². The van der Waals surface area contributed by atoms with E-state index in [-0.39, 0.29) is 18.5 Å². The summed E-state index contributed by atoms with van der Waals surface area (Å²) in [5.74, 6) is -0.271. The topological polar surface area (TPSA) is 66.5 Å². The summed E-state index contributed by atoms with van der Waals surface area (Å²) >= 11 is 0. The minimum absolute atomic E-state index is 0.0791. The molecule has 1 amide bonds. The van der Waals surface area contributed by atoms with Gasteiger partial charge in [0.2, 0.25) is 15.9 Å². The first-order valence-electron chi connectivity index (χ1n) is 4.48. The molecule has 0 unspecified atom stereocenters. The molecule has 0 spiro atoms. The van der Waals surface area contributed by atoms with Gasteiger partial charge in [0.1, 0.15) is 0 Å². The lowest BCUT2D eigenvalue weighted by Crippen LogP contribution is -2.41. The van der Waals surface area contributed by atoms with Crippen LogP contribution in [-0.4, -0.2) is 44.5 Å². The SMILES string of the molecule is CC[C@@H](C)NC(=O)CN(C)S(C)(=O)=O. The van der Waals surface area contributed by atoms with Crippen LogP contribution in [0.1, 0.15) is 20.3 Å². The highest BCUT2D eigenvalue weighted by Crippen LogP contribution is 1.93. The smallest absolute Gasteiger partial charge is 0.235 e. The van der Waals surface area contributed by atoms with Gasteiger partial charge in [0.05, 0.1) is 12.8 Å². The van der Waals surface area contributed by atoms with Crippen molar-refractivity contribution in [1.82, 2.24) is 9.62 Å². The Morgan fingerprint density at radius 2 is 2.00 bits per heavy atom. The number of carbonyl (C=O) groups is 1. The summed E-state index contributed by atoms with van der Waals surface area (Å²) in [5, 5.41) is 2.69. The van der Waals surface area contributed by atoms with Gasteiger partial charge in [-0.2, -0.15) is 4.31 Å². The van der Waals surface area contributed by atoms with Crippen molar-refractivity contribution in [3.8, 4) is 0 Å². The minimum Gasteiger partial charge on any atom is -0.353 e. The fraction of sp³-hybridized carbons (Fsp3) is 0.875. The molecule has 0 bridgehead atoms. The molecule has 6 heteroatoms. The Kier molecular flexibility index (Phi) is 5.07. The van der Waals surface area contributed by atoms with Gasteiger partial charge in [-0.25, -0.2) is 8.42 Å². The van der Waals surface area contributed by atoms with Crippen LogP contribution < -0.4 is 5.32 Å². The summed E-state index contributed by atoms with van der Waals surface area (Å²) in [4.78, 5) is 11.3. The standard InChI is InChI=1S/C8H18N2O3S/c1-5-7(2)9-8(11)6-10(3)14(4,12)13/h7H,5-6H2,1-4H3,(H,9,11)/t7-/m1/s1. The molecule has 0 radical (unpaired) electrons. The molecule has 1 atom stereocenters. The second kappa shape index (κ2) is 5.31. The number of amides is 1. The average Bonchev–Trinajstić information content (AvgIpc) is 2.02. The van der Waals surface area contributed by atoms with Crippen LogP contribution >= 0.6 is 0 Å². The molecular weight excluding hydrogens is 204 g/mol. The largest absolute Gasteiger partial charge is 0.353 e. The van der Waals surface area contributed by atoms with E-state index in [2.05, 4.69) is 5.32 Å². The summed E-state index contributed by atoms with van der Waals surface area (Å²) in [6.45, 7) is 3.70. The van der Waals surface area contributed by atoms with E-state index in [1.165, 1.54) is 7.05 Å². The third kappa shape index (κ3) is 5.18. The Hall–Kier alpha value is -0.620. The first-order chi connectivity index (χ1) is 6.27. The van der Waals surface area contributed by atoms with E-state index in [4.69, 9.17) is 0 Å². The molecule has 0 aliphatic rings. The Morgan fingerprint density at radius 1 is 1.50 bits per heavy atom. The third-order valence-corrected chi connectivity index (χ3v) is 3.21. The summed E-state index contributed by atoms with van der Waals surface area (Å²) < 4.78 is 23.0.